The Balaban J connectivity index is 2.72. The van der Waals surface area contributed by atoms with E-state index in [-0.39, 0.29) is 0 Å². The predicted octanol–water partition coefficient (Wildman–Crippen LogP) is -0.760. The molecule has 0 unspecified atom stereocenters. The first-order valence-corrected chi connectivity index (χ1v) is 9.64. The Kier molecular flexibility index (Phi) is 8.08. The van der Waals surface area contributed by atoms with Crippen LogP contribution in [0.2, 0.25) is 0 Å². The van der Waals surface area contributed by atoms with Crippen molar-refractivity contribution < 1.29 is 47.3 Å². The summed E-state index contributed by atoms with van der Waals surface area (Å²) < 4.78 is 41.5. The van der Waals surface area contributed by atoms with E-state index in [4.69, 9.17) is 23.7 Å². The zero-order chi connectivity index (χ0) is 25.0. The molecule has 0 aliphatic carbocycles. The number of esters is 4. The molecule has 1 fully saturated rings. The Morgan fingerprint density at radius 3 is 1.94 bits per heavy atom. The lowest BCUT2D eigenvalue weighted by Crippen LogP contribution is -2.62. The fourth-order valence-corrected chi connectivity index (χ4v) is 3.26. The molecule has 1 aromatic heterocycles. The van der Waals surface area contributed by atoms with Crippen molar-refractivity contribution in [2.45, 2.75) is 65.3 Å². The molecule has 0 amide bonds. The Morgan fingerprint density at radius 2 is 1.42 bits per heavy atom. The van der Waals surface area contributed by atoms with Gasteiger partial charge in [-0.05, 0) is 6.92 Å². The maximum Gasteiger partial charge on any atom is 0.332 e. The van der Waals surface area contributed by atoms with Gasteiger partial charge in [0.15, 0.2) is 24.5 Å². The molecule has 1 aromatic rings. The molecule has 1 saturated heterocycles. The summed E-state index contributed by atoms with van der Waals surface area (Å²) in [5.74, 6) is -4.74. The number of halogens is 1. The van der Waals surface area contributed by atoms with Crippen molar-refractivity contribution in [1.82, 2.24) is 9.55 Å². The van der Waals surface area contributed by atoms with Crippen molar-refractivity contribution in [1.29, 1.82) is 0 Å². The number of aromatic nitrogens is 2. The Morgan fingerprint density at radius 1 is 0.909 bits per heavy atom. The Bertz CT molecular complexity index is 1060. The van der Waals surface area contributed by atoms with E-state index in [1.807, 2.05) is 4.98 Å². The van der Waals surface area contributed by atoms with E-state index in [0.717, 1.165) is 34.6 Å². The van der Waals surface area contributed by atoms with E-state index in [0.29, 0.717) is 4.57 Å². The van der Waals surface area contributed by atoms with Gasteiger partial charge in [-0.15, -0.1) is 0 Å². The first-order chi connectivity index (χ1) is 15.3. The second-order valence-corrected chi connectivity index (χ2v) is 7.13. The fraction of sp³-hybridized carbons (Fsp3) is 0.579. The highest BCUT2D eigenvalue weighted by Crippen LogP contribution is 2.34. The summed E-state index contributed by atoms with van der Waals surface area (Å²) in [6.07, 6.45) is -7.99. The lowest BCUT2D eigenvalue weighted by atomic mass is 9.97. The van der Waals surface area contributed by atoms with Gasteiger partial charge in [0.25, 0.3) is 5.56 Å². The molecule has 5 atom stereocenters. The van der Waals surface area contributed by atoms with Crippen molar-refractivity contribution in [2.75, 3.05) is 6.61 Å². The summed E-state index contributed by atoms with van der Waals surface area (Å²) in [6.45, 7) is 4.66. The van der Waals surface area contributed by atoms with E-state index in [2.05, 4.69) is 0 Å². The van der Waals surface area contributed by atoms with E-state index >= 15 is 4.39 Å². The topological polar surface area (TPSA) is 169 Å². The molecule has 2 heterocycles. The average Bonchev–Trinajstić information content (AvgIpc) is 2.68. The van der Waals surface area contributed by atoms with E-state index in [1.165, 1.54) is 0 Å². The second-order valence-electron chi connectivity index (χ2n) is 7.13. The maximum absolute atomic E-state index is 15.0. The van der Waals surface area contributed by atoms with Crippen molar-refractivity contribution >= 4 is 23.9 Å². The highest BCUT2D eigenvalue weighted by atomic mass is 19.1. The van der Waals surface area contributed by atoms with E-state index in [1.54, 1.807) is 0 Å². The summed E-state index contributed by atoms with van der Waals surface area (Å²) in [6, 6.07) is 0. The van der Waals surface area contributed by atoms with Gasteiger partial charge in [-0.1, -0.05) is 0 Å². The summed E-state index contributed by atoms with van der Waals surface area (Å²) in [5, 5.41) is 0. The second kappa shape index (κ2) is 10.4. The van der Waals surface area contributed by atoms with Crippen LogP contribution in [-0.4, -0.2) is 64.5 Å². The van der Waals surface area contributed by atoms with Crippen LogP contribution in [0, 0.1) is 12.9 Å². The fourth-order valence-electron chi connectivity index (χ4n) is 3.26. The van der Waals surface area contributed by atoms with Crippen LogP contribution < -0.4 is 11.2 Å². The minimum absolute atomic E-state index is 0.353. The lowest BCUT2D eigenvalue weighted by Gasteiger charge is -2.44. The summed E-state index contributed by atoms with van der Waals surface area (Å²) in [5.41, 5.74) is -2.74. The van der Waals surface area contributed by atoms with Gasteiger partial charge >= 0.3 is 29.6 Å². The standard InChI is InChI=1S/C19H23FN2O11/c1-7-16(20)22(19(28)21-17(7)27)18-15(32-11(5)26)14(31-10(4)25)13(30-9(3)24)12(33-18)6-29-8(2)23/h12-15,18H,6H2,1-5H3,(H,21,27,28)/t12-,13-,14+,15+,18-/m0/s1. The molecule has 1 aliphatic rings. The maximum atomic E-state index is 15.0. The molecule has 0 bridgehead atoms. The van der Waals surface area contributed by atoms with Gasteiger partial charge in [-0.2, -0.15) is 4.39 Å². The molecular weight excluding hydrogens is 451 g/mol. The minimum atomic E-state index is -1.81. The van der Waals surface area contributed by atoms with Crippen LogP contribution >= 0.6 is 0 Å². The van der Waals surface area contributed by atoms with Crippen LogP contribution in [0.1, 0.15) is 39.5 Å². The largest absolute Gasteiger partial charge is 0.463 e. The number of carbonyl (C=O) groups excluding carboxylic acids is 4. The highest BCUT2D eigenvalue weighted by Gasteiger charge is 2.53. The molecule has 1 aliphatic heterocycles. The molecule has 1 N–H and O–H groups in total. The number of nitrogens with one attached hydrogen (secondary N) is 1. The number of hydrogen-bond acceptors (Lipinski definition) is 11. The molecule has 0 saturated carbocycles. The number of hydrogen-bond donors (Lipinski definition) is 1. The third-order valence-corrected chi connectivity index (χ3v) is 4.52. The molecule has 182 valence electrons. The zero-order valence-electron chi connectivity index (χ0n) is 18.4. The first kappa shape index (κ1) is 25.7. The van der Waals surface area contributed by atoms with Crippen LogP contribution in [0.15, 0.2) is 9.59 Å². The molecule has 0 aromatic carbocycles. The van der Waals surface area contributed by atoms with Crippen LogP contribution in [0.3, 0.4) is 0 Å². The first-order valence-electron chi connectivity index (χ1n) is 9.64. The number of carbonyl (C=O) groups is 4. The van der Waals surface area contributed by atoms with Gasteiger partial charge in [0.2, 0.25) is 5.95 Å². The Labute approximate surface area is 185 Å². The van der Waals surface area contributed by atoms with Crippen LogP contribution in [0.4, 0.5) is 4.39 Å². The Hall–Kier alpha value is -3.55. The SMILES string of the molecule is CC(=O)OC[C@@H]1O[C@H](n2c(F)c(C)c(=O)[nH]c2=O)[C@H](OC(C)=O)[C@H](OC(C)=O)[C@H]1OC(C)=O. The van der Waals surface area contributed by atoms with Crippen molar-refractivity contribution in [3.05, 3.63) is 32.3 Å². The number of rotatable bonds is 6. The predicted molar refractivity (Wildman–Crippen MR) is 103 cm³/mol. The molecule has 13 nitrogen and oxygen atoms in total. The smallest absolute Gasteiger partial charge is 0.332 e. The number of aromatic amines is 1. The van der Waals surface area contributed by atoms with Gasteiger partial charge < -0.3 is 23.7 Å². The average molecular weight is 474 g/mol. The molecular formula is C19H23FN2O11. The summed E-state index contributed by atoms with van der Waals surface area (Å²) >= 11 is 0. The third-order valence-electron chi connectivity index (χ3n) is 4.52. The summed E-state index contributed by atoms with van der Waals surface area (Å²) in [4.78, 5) is 72.8. The third kappa shape index (κ3) is 6.03. The van der Waals surface area contributed by atoms with Crippen molar-refractivity contribution in [2.24, 2.45) is 0 Å². The highest BCUT2D eigenvalue weighted by molar-refractivity contribution is 5.68. The molecule has 14 heteroatoms. The number of nitrogens with zero attached hydrogens (tertiary/aromatic N) is 1. The summed E-state index contributed by atoms with van der Waals surface area (Å²) in [7, 11) is 0. The van der Waals surface area contributed by atoms with Gasteiger partial charge in [0.1, 0.15) is 12.7 Å². The molecule has 33 heavy (non-hydrogen) atoms. The van der Waals surface area contributed by atoms with Gasteiger partial charge in [0, 0.05) is 27.7 Å². The van der Waals surface area contributed by atoms with Crippen molar-refractivity contribution in [3.8, 4) is 0 Å². The number of ether oxygens (including phenoxy) is 5. The van der Waals surface area contributed by atoms with Crippen LogP contribution in [0.25, 0.3) is 0 Å². The molecule has 2 rings (SSSR count). The van der Waals surface area contributed by atoms with Crippen LogP contribution in [0.5, 0.6) is 0 Å². The monoisotopic (exact) mass is 474 g/mol. The van der Waals surface area contributed by atoms with E-state index < -0.39 is 83.9 Å². The molecule has 0 spiro atoms. The van der Waals surface area contributed by atoms with Gasteiger partial charge in [0.05, 0.1) is 5.56 Å². The zero-order valence-corrected chi connectivity index (χ0v) is 18.4. The van der Waals surface area contributed by atoms with Gasteiger partial charge in [-0.25, -0.2) is 9.36 Å². The van der Waals surface area contributed by atoms with E-state index in [9.17, 15) is 28.8 Å². The normalized spacial score (nSPS) is 24.5. The molecule has 0 radical (unpaired) electrons. The number of H-pyrrole nitrogens is 1. The lowest BCUT2D eigenvalue weighted by molar-refractivity contribution is -0.270. The van der Waals surface area contributed by atoms with Crippen LogP contribution in [-0.2, 0) is 42.9 Å². The van der Waals surface area contributed by atoms with Crippen molar-refractivity contribution in [3.63, 3.8) is 0 Å². The quantitative estimate of drug-likeness (QED) is 0.312. The van der Waals surface area contributed by atoms with Gasteiger partial charge in [-0.3, -0.25) is 29.0 Å². The minimum Gasteiger partial charge on any atom is -0.463 e.